The molecule has 5 heteroatoms. The van der Waals surface area contributed by atoms with Crippen LogP contribution < -0.4 is 0 Å². The van der Waals surface area contributed by atoms with Gasteiger partial charge in [-0.1, -0.05) is 84.9 Å². The molecule has 0 unspecified atom stereocenters. The topological polar surface area (TPSA) is 35.9 Å². The van der Waals surface area contributed by atoms with E-state index in [4.69, 9.17) is 9.40 Å². The van der Waals surface area contributed by atoms with Crippen molar-refractivity contribution in [3.63, 3.8) is 0 Å². The van der Waals surface area contributed by atoms with Gasteiger partial charge in [-0.25, -0.2) is 0 Å². The van der Waals surface area contributed by atoms with E-state index in [0.29, 0.717) is 6.01 Å². The summed E-state index contributed by atoms with van der Waals surface area (Å²) in [5.74, 6) is 0. The lowest BCUT2D eigenvalue weighted by molar-refractivity contribution is 0.574. The Labute approximate surface area is 265 Å². The molecule has 0 saturated carbocycles. The van der Waals surface area contributed by atoms with Gasteiger partial charge in [0.05, 0.1) is 22.1 Å². The smallest absolute Gasteiger partial charge is 0.307 e. The van der Waals surface area contributed by atoms with Crippen molar-refractivity contribution < 1.29 is 4.42 Å². The van der Waals surface area contributed by atoms with Gasteiger partial charge in [0, 0.05) is 47.4 Å². The van der Waals surface area contributed by atoms with E-state index in [2.05, 4.69) is 149 Å². The minimum absolute atomic E-state index is 0.578. The molecule has 0 saturated heterocycles. The number of hydrogen-bond donors (Lipinski definition) is 0. The Balaban J connectivity index is 1.23. The second-order valence-corrected chi connectivity index (χ2v) is 13.1. The Kier molecular flexibility index (Phi) is 4.69. The largest absolute Gasteiger partial charge is 0.423 e. The highest BCUT2D eigenvalue weighted by Gasteiger charge is 2.21. The summed E-state index contributed by atoms with van der Waals surface area (Å²) in [4.78, 5) is 5.23. The number of rotatable bonds is 2. The van der Waals surface area contributed by atoms with Gasteiger partial charge in [0.2, 0.25) is 0 Å². The first-order valence-electron chi connectivity index (χ1n) is 15.5. The monoisotopic (exact) mass is 605 g/mol. The minimum atomic E-state index is 0.578. The normalized spacial score (nSPS) is 12.3. The van der Waals surface area contributed by atoms with Crippen LogP contribution in [0.1, 0.15) is 0 Å². The van der Waals surface area contributed by atoms with Crippen LogP contribution in [0.3, 0.4) is 0 Å². The maximum absolute atomic E-state index is 6.62. The third-order valence-corrected chi connectivity index (χ3v) is 10.7. The van der Waals surface area contributed by atoms with E-state index in [1.807, 2.05) is 0 Å². The number of hydrogen-bond acceptors (Lipinski definition) is 3. The van der Waals surface area contributed by atoms with Crippen LogP contribution in [0.25, 0.3) is 97.4 Å². The van der Waals surface area contributed by atoms with Crippen LogP contribution >= 0.6 is 11.3 Å². The summed E-state index contributed by atoms with van der Waals surface area (Å²) < 4.78 is 13.7. The van der Waals surface area contributed by atoms with Gasteiger partial charge in [-0.15, -0.1) is 11.3 Å². The molecule has 11 aromatic rings. The first-order valence-corrected chi connectivity index (χ1v) is 16.3. The molecule has 0 radical (unpaired) electrons. The van der Waals surface area contributed by atoms with E-state index in [1.54, 1.807) is 11.3 Å². The van der Waals surface area contributed by atoms with Gasteiger partial charge in [-0.3, -0.25) is 4.57 Å². The molecule has 214 valence electrons. The number of nitrogens with zero attached hydrogens (tertiary/aromatic N) is 3. The number of oxazole rings is 1. The van der Waals surface area contributed by atoms with Crippen LogP contribution in [0.2, 0.25) is 0 Å². The van der Waals surface area contributed by atoms with Crippen molar-refractivity contribution >= 4 is 97.0 Å². The minimum Gasteiger partial charge on any atom is -0.423 e. The Bertz CT molecular complexity index is 3040. The van der Waals surface area contributed by atoms with E-state index in [-0.39, 0.29) is 0 Å². The van der Waals surface area contributed by atoms with Crippen molar-refractivity contribution in [1.82, 2.24) is 14.1 Å². The number of para-hydroxylation sites is 2. The highest BCUT2D eigenvalue weighted by Crippen LogP contribution is 2.41. The summed E-state index contributed by atoms with van der Waals surface area (Å²) in [6.07, 6.45) is 0. The summed E-state index contributed by atoms with van der Waals surface area (Å²) >= 11 is 1.80. The summed E-state index contributed by atoms with van der Waals surface area (Å²) in [7, 11) is 0. The van der Waals surface area contributed by atoms with Crippen molar-refractivity contribution in [3.8, 4) is 11.7 Å². The third kappa shape index (κ3) is 3.19. The van der Waals surface area contributed by atoms with Gasteiger partial charge in [0.25, 0.3) is 0 Å². The first-order chi connectivity index (χ1) is 22.8. The van der Waals surface area contributed by atoms with Crippen molar-refractivity contribution in [1.29, 1.82) is 0 Å². The van der Waals surface area contributed by atoms with E-state index >= 15 is 0 Å². The van der Waals surface area contributed by atoms with Gasteiger partial charge in [-0.05, 0) is 65.4 Å². The van der Waals surface area contributed by atoms with Gasteiger partial charge in [0.15, 0.2) is 5.58 Å². The molecule has 11 rings (SSSR count). The predicted molar refractivity (Wildman–Crippen MR) is 193 cm³/mol. The van der Waals surface area contributed by atoms with Crippen molar-refractivity contribution in [2.75, 3.05) is 0 Å². The Hall–Kier alpha value is -5.91. The van der Waals surface area contributed by atoms with Gasteiger partial charge in [0.1, 0.15) is 5.52 Å². The average Bonchev–Trinajstić information content (AvgIpc) is 3.85. The predicted octanol–water partition coefficient (Wildman–Crippen LogP) is 11.5. The molecule has 4 nitrogen and oxygen atoms in total. The standard InChI is InChI=1S/C41H23N3OS/c1-2-10-25-22-34-31(21-24(25)9-1)28-12-4-6-14-32(28)43(34)26-17-18-29-27-11-3-7-15-33(27)44(35(29)23-26)41-42-40-36(45-41)19-20-38-39(40)30-13-5-8-16-37(30)46-38/h1-23H. The van der Waals surface area contributed by atoms with Crippen molar-refractivity contribution in [2.24, 2.45) is 0 Å². The van der Waals surface area contributed by atoms with Crippen molar-refractivity contribution in [3.05, 3.63) is 140 Å². The first kappa shape index (κ1) is 24.4. The van der Waals surface area contributed by atoms with E-state index < -0.39 is 0 Å². The third-order valence-electron chi connectivity index (χ3n) is 9.53. The molecule has 0 aliphatic rings. The lowest BCUT2D eigenvalue weighted by Crippen LogP contribution is -1.97. The molecule has 0 bridgehead atoms. The Morgan fingerprint density at radius 2 is 1.13 bits per heavy atom. The fourth-order valence-electron chi connectivity index (χ4n) is 7.52. The molecule has 0 fully saturated rings. The molecule has 0 atom stereocenters. The highest BCUT2D eigenvalue weighted by atomic mass is 32.1. The van der Waals surface area contributed by atoms with Gasteiger partial charge >= 0.3 is 6.01 Å². The molecule has 0 amide bonds. The van der Waals surface area contributed by atoms with Gasteiger partial charge in [-0.2, -0.15) is 4.98 Å². The van der Waals surface area contributed by atoms with E-state index in [9.17, 15) is 0 Å². The number of thiophene rings is 1. The maximum Gasteiger partial charge on any atom is 0.307 e. The highest BCUT2D eigenvalue weighted by molar-refractivity contribution is 7.26. The van der Waals surface area contributed by atoms with Crippen LogP contribution in [-0.4, -0.2) is 14.1 Å². The van der Waals surface area contributed by atoms with Crippen LogP contribution in [-0.2, 0) is 0 Å². The van der Waals surface area contributed by atoms with Crippen LogP contribution in [0, 0.1) is 0 Å². The fourth-order valence-corrected chi connectivity index (χ4v) is 8.63. The molecule has 0 N–H and O–H groups in total. The lowest BCUT2D eigenvalue weighted by Gasteiger charge is -2.10. The van der Waals surface area contributed by atoms with Crippen LogP contribution in [0.5, 0.6) is 0 Å². The van der Waals surface area contributed by atoms with E-state index in [1.165, 1.54) is 58.1 Å². The molecular weight excluding hydrogens is 583 g/mol. The number of fused-ring (bicyclic) bond motifs is 12. The molecule has 0 spiro atoms. The SMILES string of the molecule is c1ccc2cc3c(cc2c1)c1ccccc1n3-c1ccc2c3ccccc3n(-c3nc4c(ccc5sc6ccccc6c54)o3)c2c1. The number of benzene rings is 7. The molecule has 4 heterocycles. The zero-order chi connectivity index (χ0) is 29.9. The Morgan fingerprint density at radius 3 is 1.98 bits per heavy atom. The molecule has 0 aliphatic heterocycles. The summed E-state index contributed by atoms with van der Waals surface area (Å²) in [6, 6.07) is 50.6. The summed E-state index contributed by atoms with van der Waals surface area (Å²) in [6.45, 7) is 0. The maximum atomic E-state index is 6.62. The van der Waals surface area contributed by atoms with Crippen molar-refractivity contribution in [2.45, 2.75) is 0 Å². The van der Waals surface area contributed by atoms with E-state index in [0.717, 1.165) is 33.2 Å². The molecule has 0 aliphatic carbocycles. The summed E-state index contributed by atoms with van der Waals surface area (Å²) in [5.41, 5.74) is 7.30. The quantitative estimate of drug-likeness (QED) is 0.196. The zero-order valence-electron chi connectivity index (χ0n) is 24.4. The second kappa shape index (κ2) is 8.84. The molecular formula is C41H23N3OS. The molecule has 4 aromatic heterocycles. The van der Waals surface area contributed by atoms with Gasteiger partial charge < -0.3 is 8.98 Å². The molecule has 46 heavy (non-hydrogen) atoms. The number of aromatic nitrogens is 3. The van der Waals surface area contributed by atoms with Crippen LogP contribution in [0.15, 0.2) is 144 Å². The zero-order valence-corrected chi connectivity index (χ0v) is 25.3. The Morgan fingerprint density at radius 1 is 0.478 bits per heavy atom. The lowest BCUT2D eigenvalue weighted by atomic mass is 10.1. The average molecular weight is 606 g/mol. The molecule has 7 aromatic carbocycles. The second-order valence-electron chi connectivity index (χ2n) is 12.0. The summed E-state index contributed by atoms with van der Waals surface area (Å²) in [5, 5.41) is 9.69. The van der Waals surface area contributed by atoms with Crippen LogP contribution in [0.4, 0.5) is 0 Å². The fraction of sp³-hybridized carbons (Fsp3) is 0.